The van der Waals surface area contributed by atoms with Crippen molar-refractivity contribution >= 4 is 11.8 Å². The highest BCUT2D eigenvalue weighted by Crippen LogP contribution is 2.35. The van der Waals surface area contributed by atoms with Gasteiger partial charge >= 0.3 is 6.03 Å². The molecular formula is C15H15N3O3. The summed E-state index contributed by atoms with van der Waals surface area (Å²) in [5.41, 5.74) is 0.996. The van der Waals surface area contributed by atoms with E-state index in [1.807, 2.05) is 6.07 Å². The number of carbonyl (C=O) groups is 2. The first-order valence-corrected chi connectivity index (χ1v) is 6.40. The molecule has 2 amide bonds. The lowest BCUT2D eigenvalue weighted by atomic mass is 9.86. The highest BCUT2D eigenvalue weighted by Gasteiger charge is 2.37. The SMILES string of the molecule is C=C1NC(=O)N[C@@H](c2ccccc2OCC#N)[C@@H]1C(C)=O. The van der Waals surface area contributed by atoms with Crippen molar-refractivity contribution in [3.8, 4) is 11.8 Å². The van der Waals surface area contributed by atoms with Crippen LogP contribution in [0.25, 0.3) is 0 Å². The summed E-state index contributed by atoms with van der Waals surface area (Å²) in [6, 6.07) is 7.89. The number of rotatable bonds is 4. The Morgan fingerprint density at radius 2 is 2.19 bits per heavy atom. The molecule has 0 radical (unpaired) electrons. The summed E-state index contributed by atoms with van der Waals surface area (Å²) in [6.45, 7) is 5.08. The molecule has 1 aliphatic rings. The van der Waals surface area contributed by atoms with Gasteiger partial charge in [0.1, 0.15) is 17.6 Å². The lowest BCUT2D eigenvalue weighted by molar-refractivity contribution is -0.120. The highest BCUT2D eigenvalue weighted by atomic mass is 16.5. The van der Waals surface area contributed by atoms with Crippen LogP contribution in [-0.4, -0.2) is 18.4 Å². The van der Waals surface area contributed by atoms with E-state index in [9.17, 15) is 9.59 Å². The van der Waals surface area contributed by atoms with Gasteiger partial charge in [-0.2, -0.15) is 5.26 Å². The first kappa shape index (κ1) is 14.6. The van der Waals surface area contributed by atoms with Crippen molar-refractivity contribution in [2.45, 2.75) is 13.0 Å². The molecule has 108 valence electrons. The number of urea groups is 1. The van der Waals surface area contributed by atoms with E-state index in [1.54, 1.807) is 24.3 Å². The largest absolute Gasteiger partial charge is 0.478 e. The average molecular weight is 285 g/mol. The van der Waals surface area contributed by atoms with Crippen LogP contribution in [0, 0.1) is 17.2 Å². The van der Waals surface area contributed by atoms with Crippen molar-refractivity contribution in [2.24, 2.45) is 5.92 Å². The second kappa shape index (κ2) is 6.09. The van der Waals surface area contributed by atoms with Crippen molar-refractivity contribution in [1.29, 1.82) is 5.26 Å². The standard InChI is InChI=1S/C15H15N3O3/c1-9-13(10(2)19)14(18-15(20)17-9)11-5-3-4-6-12(11)21-8-7-16/h3-6,13-14H,1,8H2,2H3,(H2,17,18,20)/t13-,14-/m0/s1. The molecule has 1 heterocycles. The molecule has 0 saturated carbocycles. The van der Waals surface area contributed by atoms with Crippen LogP contribution in [0.4, 0.5) is 4.79 Å². The van der Waals surface area contributed by atoms with Crippen LogP contribution in [-0.2, 0) is 4.79 Å². The van der Waals surface area contributed by atoms with Crippen molar-refractivity contribution in [3.05, 3.63) is 42.1 Å². The molecule has 2 N–H and O–H groups in total. The minimum atomic E-state index is -0.588. The highest BCUT2D eigenvalue weighted by molar-refractivity contribution is 5.88. The number of nitriles is 1. The molecule has 6 heteroatoms. The molecule has 0 aliphatic carbocycles. The number of hydrogen-bond donors (Lipinski definition) is 2. The molecule has 6 nitrogen and oxygen atoms in total. The van der Waals surface area contributed by atoms with Gasteiger partial charge in [0.25, 0.3) is 0 Å². The van der Waals surface area contributed by atoms with E-state index in [0.717, 1.165) is 0 Å². The van der Waals surface area contributed by atoms with Gasteiger partial charge in [-0.25, -0.2) is 4.79 Å². The van der Waals surface area contributed by atoms with E-state index in [4.69, 9.17) is 10.00 Å². The molecule has 0 spiro atoms. The Morgan fingerprint density at radius 3 is 2.86 bits per heavy atom. The molecule has 0 aromatic heterocycles. The number of ketones is 1. The molecule has 1 aliphatic heterocycles. The Morgan fingerprint density at radius 1 is 1.48 bits per heavy atom. The summed E-state index contributed by atoms with van der Waals surface area (Å²) in [5.74, 6) is -0.243. The van der Waals surface area contributed by atoms with E-state index in [0.29, 0.717) is 17.0 Å². The summed E-state index contributed by atoms with van der Waals surface area (Å²) < 4.78 is 5.36. The lowest BCUT2D eigenvalue weighted by Gasteiger charge is -2.33. The number of amides is 2. The maximum Gasteiger partial charge on any atom is 0.319 e. The number of ether oxygens (including phenoxy) is 1. The number of hydrogen-bond acceptors (Lipinski definition) is 4. The molecule has 1 aromatic rings. The maximum absolute atomic E-state index is 11.9. The number of nitrogens with zero attached hydrogens (tertiary/aromatic N) is 1. The van der Waals surface area contributed by atoms with Crippen LogP contribution in [0.2, 0.25) is 0 Å². The van der Waals surface area contributed by atoms with Crippen LogP contribution in [0.15, 0.2) is 36.5 Å². The first-order valence-electron chi connectivity index (χ1n) is 6.40. The Balaban J connectivity index is 2.42. The fraction of sp³-hybridized carbons (Fsp3) is 0.267. The van der Waals surface area contributed by atoms with E-state index >= 15 is 0 Å². The smallest absolute Gasteiger partial charge is 0.319 e. The summed E-state index contributed by atoms with van der Waals surface area (Å²) in [4.78, 5) is 23.5. The molecule has 1 aromatic carbocycles. The third-order valence-corrected chi connectivity index (χ3v) is 3.25. The topological polar surface area (TPSA) is 91.2 Å². The van der Waals surface area contributed by atoms with Gasteiger partial charge in [-0.05, 0) is 13.0 Å². The van der Waals surface area contributed by atoms with Crippen LogP contribution >= 0.6 is 0 Å². The normalized spacial score (nSPS) is 21.0. The predicted octanol–water partition coefficient (Wildman–Crippen LogP) is 1.66. The van der Waals surface area contributed by atoms with Crippen molar-refractivity contribution in [2.75, 3.05) is 6.61 Å². The molecule has 0 unspecified atom stereocenters. The Bertz CT molecular complexity index is 633. The van der Waals surface area contributed by atoms with Gasteiger partial charge in [-0.1, -0.05) is 24.8 Å². The number of para-hydroxylation sites is 1. The van der Waals surface area contributed by atoms with E-state index < -0.39 is 18.0 Å². The third kappa shape index (κ3) is 3.03. The lowest BCUT2D eigenvalue weighted by Crippen LogP contribution is -2.50. The first-order chi connectivity index (χ1) is 10.0. The summed E-state index contributed by atoms with van der Waals surface area (Å²) >= 11 is 0. The van der Waals surface area contributed by atoms with Gasteiger partial charge in [0.2, 0.25) is 0 Å². The molecule has 1 fully saturated rings. The second-order valence-electron chi connectivity index (χ2n) is 4.67. The average Bonchev–Trinajstić information content (AvgIpc) is 2.44. The zero-order chi connectivity index (χ0) is 15.4. The molecule has 2 rings (SSSR count). The Kier molecular flexibility index (Phi) is 4.24. The number of nitrogens with one attached hydrogen (secondary N) is 2. The zero-order valence-electron chi connectivity index (χ0n) is 11.6. The predicted molar refractivity (Wildman–Crippen MR) is 75.3 cm³/mol. The van der Waals surface area contributed by atoms with Gasteiger partial charge in [0.15, 0.2) is 6.61 Å². The van der Waals surface area contributed by atoms with Crippen LogP contribution < -0.4 is 15.4 Å². The Hall–Kier alpha value is -2.81. The quantitative estimate of drug-likeness (QED) is 0.880. The van der Waals surface area contributed by atoms with Crippen LogP contribution in [0.3, 0.4) is 0 Å². The van der Waals surface area contributed by atoms with Gasteiger partial charge in [0, 0.05) is 11.3 Å². The summed E-state index contributed by atoms with van der Waals surface area (Å²) in [6.07, 6.45) is 0. The van der Waals surface area contributed by atoms with Crippen molar-refractivity contribution in [3.63, 3.8) is 0 Å². The minimum absolute atomic E-state index is 0.110. The summed E-state index contributed by atoms with van der Waals surface area (Å²) in [7, 11) is 0. The molecule has 21 heavy (non-hydrogen) atoms. The van der Waals surface area contributed by atoms with Gasteiger partial charge in [-0.3, -0.25) is 4.79 Å². The monoisotopic (exact) mass is 285 g/mol. The zero-order valence-corrected chi connectivity index (χ0v) is 11.6. The van der Waals surface area contributed by atoms with Gasteiger partial charge < -0.3 is 15.4 Å². The van der Waals surface area contributed by atoms with Gasteiger partial charge in [0.05, 0.1) is 12.0 Å². The fourth-order valence-electron chi connectivity index (χ4n) is 2.40. The maximum atomic E-state index is 11.9. The van der Waals surface area contributed by atoms with E-state index in [-0.39, 0.29) is 12.4 Å². The number of benzene rings is 1. The molecule has 1 saturated heterocycles. The molecule has 2 atom stereocenters. The number of Topliss-reactive ketones (excluding diaryl/α,β-unsaturated/α-hetero) is 1. The molecule has 0 bridgehead atoms. The van der Waals surface area contributed by atoms with Gasteiger partial charge in [-0.15, -0.1) is 0 Å². The van der Waals surface area contributed by atoms with Crippen LogP contribution in [0.5, 0.6) is 5.75 Å². The third-order valence-electron chi connectivity index (χ3n) is 3.25. The van der Waals surface area contributed by atoms with Crippen molar-refractivity contribution < 1.29 is 14.3 Å². The minimum Gasteiger partial charge on any atom is -0.478 e. The summed E-state index contributed by atoms with van der Waals surface area (Å²) in [5, 5.41) is 13.9. The van der Waals surface area contributed by atoms with Crippen molar-refractivity contribution in [1.82, 2.24) is 10.6 Å². The number of carbonyl (C=O) groups excluding carboxylic acids is 2. The van der Waals surface area contributed by atoms with E-state index in [2.05, 4.69) is 17.2 Å². The second-order valence-corrected chi connectivity index (χ2v) is 4.67. The fourth-order valence-corrected chi connectivity index (χ4v) is 2.40. The molecular weight excluding hydrogens is 270 g/mol. The Labute approximate surface area is 122 Å². The van der Waals surface area contributed by atoms with E-state index in [1.165, 1.54) is 6.92 Å². The van der Waals surface area contributed by atoms with Crippen LogP contribution in [0.1, 0.15) is 18.5 Å².